The van der Waals surface area contributed by atoms with Gasteiger partial charge in [0.05, 0.1) is 5.69 Å². The average Bonchev–Trinajstić information content (AvgIpc) is 3.44. The van der Waals surface area contributed by atoms with Gasteiger partial charge in [-0.2, -0.15) is 5.10 Å². The first-order chi connectivity index (χ1) is 14.6. The van der Waals surface area contributed by atoms with Crippen molar-refractivity contribution in [2.45, 2.75) is 31.8 Å². The second kappa shape index (κ2) is 9.40. The Morgan fingerprint density at radius 1 is 1.13 bits per heavy atom. The molecule has 2 amide bonds. The summed E-state index contributed by atoms with van der Waals surface area (Å²) < 4.78 is 0. The first-order valence-corrected chi connectivity index (χ1v) is 11.2. The number of hydrogen-bond donors (Lipinski definition) is 2. The fourth-order valence-electron chi connectivity index (χ4n) is 4.00. The minimum atomic E-state index is -0.631. The van der Waals surface area contributed by atoms with Crippen LogP contribution in [0.2, 0.25) is 0 Å². The predicted octanol–water partition coefficient (Wildman–Crippen LogP) is 2.20. The number of anilines is 1. The van der Waals surface area contributed by atoms with Crippen LogP contribution in [0.1, 0.15) is 24.1 Å². The SMILES string of the molecule is NC(=O)C1CC(C(=O)NCC2CCN(Cc3cccs3)CC2)=NN1c1ccccc1. The van der Waals surface area contributed by atoms with Crippen LogP contribution in [-0.2, 0) is 16.1 Å². The second-order valence-corrected chi connectivity index (χ2v) is 8.89. The first-order valence-electron chi connectivity index (χ1n) is 10.3. The Morgan fingerprint density at radius 3 is 2.57 bits per heavy atom. The molecule has 30 heavy (non-hydrogen) atoms. The lowest BCUT2D eigenvalue weighted by atomic mass is 9.96. The number of piperidine rings is 1. The molecule has 0 saturated carbocycles. The van der Waals surface area contributed by atoms with Crippen molar-refractivity contribution in [3.05, 3.63) is 52.7 Å². The van der Waals surface area contributed by atoms with E-state index in [1.807, 2.05) is 30.3 Å². The maximum atomic E-state index is 12.7. The van der Waals surface area contributed by atoms with E-state index in [0.717, 1.165) is 38.2 Å². The summed E-state index contributed by atoms with van der Waals surface area (Å²) in [4.78, 5) is 28.4. The molecule has 0 bridgehead atoms. The number of nitrogens with one attached hydrogen (secondary N) is 1. The van der Waals surface area contributed by atoms with Crippen LogP contribution >= 0.6 is 11.3 Å². The van der Waals surface area contributed by atoms with E-state index in [1.165, 1.54) is 4.88 Å². The van der Waals surface area contributed by atoms with E-state index in [9.17, 15) is 9.59 Å². The molecule has 2 aliphatic rings. The molecule has 1 saturated heterocycles. The molecule has 1 aromatic carbocycles. The lowest BCUT2D eigenvalue weighted by Gasteiger charge is -2.31. The third-order valence-electron chi connectivity index (χ3n) is 5.74. The Balaban J connectivity index is 1.28. The number of rotatable bonds is 7. The number of amides is 2. The number of carbonyl (C=O) groups is 2. The highest BCUT2D eigenvalue weighted by molar-refractivity contribution is 7.09. The number of benzene rings is 1. The fourth-order valence-corrected chi connectivity index (χ4v) is 4.74. The quantitative estimate of drug-likeness (QED) is 0.712. The van der Waals surface area contributed by atoms with Crippen LogP contribution < -0.4 is 16.1 Å². The van der Waals surface area contributed by atoms with Crippen LogP contribution in [0.5, 0.6) is 0 Å². The highest BCUT2D eigenvalue weighted by Crippen LogP contribution is 2.25. The van der Waals surface area contributed by atoms with Crippen LogP contribution in [0.15, 0.2) is 52.9 Å². The lowest BCUT2D eigenvalue weighted by molar-refractivity contribution is -0.119. The Labute approximate surface area is 180 Å². The van der Waals surface area contributed by atoms with Crippen molar-refractivity contribution in [1.82, 2.24) is 10.2 Å². The van der Waals surface area contributed by atoms with Crippen molar-refractivity contribution >= 4 is 34.6 Å². The topological polar surface area (TPSA) is 91.0 Å². The monoisotopic (exact) mass is 425 g/mol. The standard InChI is InChI=1S/C22H27N5O2S/c23-21(28)20-13-19(25-27(20)17-5-2-1-3-6-17)22(29)24-14-16-8-10-26(11-9-16)15-18-7-4-12-30-18/h1-7,12,16,20H,8-11,13-15H2,(H2,23,28)(H,24,29). The summed E-state index contributed by atoms with van der Waals surface area (Å²) in [5.74, 6) is -0.225. The summed E-state index contributed by atoms with van der Waals surface area (Å²) in [6.45, 7) is 3.74. The molecule has 1 aromatic heterocycles. The Hall–Kier alpha value is -2.71. The Morgan fingerprint density at radius 2 is 1.90 bits per heavy atom. The second-order valence-electron chi connectivity index (χ2n) is 7.86. The van der Waals surface area contributed by atoms with E-state index in [1.54, 1.807) is 16.3 Å². The van der Waals surface area contributed by atoms with Crippen LogP contribution in [0, 0.1) is 5.92 Å². The smallest absolute Gasteiger partial charge is 0.267 e. The minimum Gasteiger partial charge on any atom is -0.368 e. The number of likely N-dealkylation sites (tertiary alicyclic amines) is 1. The van der Waals surface area contributed by atoms with E-state index < -0.39 is 11.9 Å². The lowest BCUT2D eigenvalue weighted by Crippen LogP contribution is -2.41. The zero-order valence-electron chi connectivity index (χ0n) is 16.9. The molecular formula is C22H27N5O2S. The largest absolute Gasteiger partial charge is 0.368 e. The van der Waals surface area contributed by atoms with E-state index in [-0.39, 0.29) is 12.3 Å². The van der Waals surface area contributed by atoms with Crippen LogP contribution in [0.4, 0.5) is 5.69 Å². The van der Waals surface area contributed by atoms with Crippen LogP contribution in [0.3, 0.4) is 0 Å². The summed E-state index contributed by atoms with van der Waals surface area (Å²) in [5.41, 5.74) is 6.66. The van der Waals surface area contributed by atoms with Crippen molar-refractivity contribution in [3.63, 3.8) is 0 Å². The van der Waals surface area contributed by atoms with Gasteiger partial charge in [-0.1, -0.05) is 24.3 Å². The third-order valence-corrected chi connectivity index (χ3v) is 6.60. The minimum absolute atomic E-state index is 0.208. The van der Waals surface area contributed by atoms with Crippen molar-refractivity contribution in [2.75, 3.05) is 24.6 Å². The van der Waals surface area contributed by atoms with Crippen molar-refractivity contribution in [2.24, 2.45) is 16.8 Å². The maximum absolute atomic E-state index is 12.7. The molecule has 0 radical (unpaired) electrons. The summed E-state index contributed by atoms with van der Waals surface area (Å²) in [6.07, 6.45) is 2.37. The summed E-state index contributed by atoms with van der Waals surface area (Å²) in [7, 11) is 0. The summed E-state index contributed by atoms with van der Waals surface area (Å²) in [6, 6.07) is 13.0. The van der Waals surface area contributed by atoms with Gasteiger partial charge in [-0.05, 0) is 55.4 Å². The van der Waals surface area contributed by atoms with Gasteiger partial charge in [0.1, 0.15) is 11.8 Å². The van der Waals surface area contributed by atoms with Gasteiger partial charge in [-0.25, -0.2) is 0 Å². The van der Waals surface area contributed by atoms with Gasteiger partial charge < -0.3 is 11.1 Å². The summed E-state index contributed by atoms with van der Waals surface area (Å²) in [5, 5.41) is 11.1. The molecule has 1 atom stereocenters. The molecule has 3 N–H and O–H groups in total. The number of thiophene rings is 1. The predicted molar refractivity (Wildman–Crippen MR) is 119 cm³/mol. The fraction of sp³-hybridized carbons (Fsp3) is 0.409. The van der Waals surface area contributed by atoms with Gasteiger partial charge >= 0.3 is 0 Å². The van der Waals surface area contributed by atoms with Gasteiger partial charge in [0, 0.05) is 24.4 Å². The molecule has 3 heterocycles. The molecule has 2 aromatic rings. The van der Waals surface area contributed by atoms with Gasteiger partial charge in [-0.3, -0.25) is 19.5 Å². The van der Waals surface area contributed by atoms with Gasteiger partial charge in [0.15, 0.2) is 0 Å². The number of para-hydroxylation sites is 1. The highest BCUT2D eigenvalue weighted by atomic mass is 32.1. The van der Waals surface area contributed by atoms with Crippen LogP contribution in [0.25, 0.3) is 0 Å². The van der Waals surface area contributed by atoms with Gasteiger partial charge in [-0.15, -0.1) is 11.3 Å². The van der Waals surface area contributed by atoms with Crippen LogP contribution in [-0.4, -0.2) is 48.1 Å². The number of nitrogens with two attached hydrogens (primary N) is 1. The van der Waals surface area contributed by atoms with E-state index in [0.29, 0.717) is 18.2 Å². The molecule has 1 unspecified atom stereocenters. The number of hydrogen-bond acceptors (Lipinski definition) is 6. The van der Waals surface area contributed by atoms with E-state index in [4.69, 9.17) is 5.73 Å². The summed E-state index contributed by atoms with van der Waals surface area (Å²) >= 11 is 1.80. The van der Waals surface area contributed by atoms with E-state index in [2.05, 4.69) is 32.8 Å². The molecule has 7 nitrogen and oxygen atoms in total. The maximum Gasteiger partial charge on any atom is 0.267 e. The molecule has 1 fully saturated rings. The van der Waals surface area contributed by atoms with Gasteiger partial charge in [0.25, 0.3) is 5.91 Å². The first kappa shape index (κ1) is 20.6. The number of carbonyl (C=O) groups excluding carboxylic acids is 2. The number of primary amides is 1. The van der Waals surface area contributed by atoms with Crippen molar-refractivity contribution in [1.29, 1.82) is 0 Å². The molecule has 4 rings (SSSR count). The highest BCUT2D eigenvalue weighted by Gasteiger charge is 2.35. The van der Waals surface area contributed by atoms with Crippen molar-refractivity contribution in [3.8, 4) is 0 Å². The molecule has 2 aliphatic heterocycles. The van der Waals surface area contributed by atoms with E-state index >= 15 is 0 Å². The molecule has 0 aliphatic carbocycles. The number of hydrazone groups is 1. The number of nitrogens with zero attached hydrogens (tertiary/aromatic N) is 3. The zero-order chi connectivity index (χ0) is 20.9. The molecule has 0 spiro atoms. The molecule has 8 heteroatoms. The Bertz CT molecular complexity index is 892. The zero-order valence-corrected chi connectivity index (χ0v) is 17.7. The normalized spacial score (nSPS) is 20.2. The Kier molecular flexibility index (Phi) is 6.44. The molecular weight excluding hydrogens is 398 g/mol. The van der Waals surface area contributed by atoms with Gasteiger partial charge in [0.2, 0.25) is 5.91 Å². The molecule has 158 valence electrons. The van der Waals surface area contributed by atoms with Crippen molar-refractivity contribution < 1.29 is 9.59 Å². The average molecular weight is 426 g/mol. The third kappa shape index (κ3) is 4.88.